The lowest BCUT2D eigenvalue weighted by Gasteiger charge is -2.17. The van der Waals surface area contributed by atoms with Crippen LogP contribution in [0, 0.1) is 0 Å². The van der Waals surface area contributed by atoms with Gasteiger partial charge in [0.25, 0.3) is 0 Å². The minimum Gasteiger partial charge on any atom is -0.507 e. The zero-order valence-corrected chi connectivity index (χ0v) is 21.6. The quantitative estimate of drug-likeness (QED) is 0.286. The summed E-state index contributed by atoms with van der Waals surface area (Å²) in [5, 5.41) is 11.7. The molecule has 7 heteroatoms. The van der Waals surface area contributed by atoms with E-state index >= 15 is 0 Å². The minimum absolute atomic E-state index is 0.0954. The van der Waals surface area contributed by atoms with Gasteiger partial charge in [-0.1, -0.05) is 23.3 Å². The van der Waals surface area contributed by atoms with E-state index in [0.717, 1.165) is 11.1 Å². The highest BCUT2D eigenvalue weighted by atomic mass is 79.9. The molecule has 0 bridgehead atoms. The van der Waals surface area contributed by atoms with Crippen LogP contribution in [0.5, 0.6) is 23.0 Å². The molecule has 0 amide bonds. The number of allylic oxidation sites excluding steroid dienone is 4. The third kappa shape index (κ3) is 4.47. The normalized spacial score (nSPS) is 10.9. The van der Waals surface area contributed by atoms with E-state index in [9.17, 15) is 9.90 Å². The number of halogens is 1. The number of hydrogen-bond acceptors (Lipinski definition) is 6. The molecule has 0 fully saturated rings. The Morgan fingerprint density at radius 2 is 1.52 bits per heavy atom. The molecule has 0 aliphatic rings. The smallest absolute Gasteiger partial charge is 0.204 e. The summed E-state index contributed by atoms with van der Waals surface area (Å²) in [7, 11) is 4.59. The van der Waals surface area contributed by atoms with Gasteiger partial charge in [-0.15, -0.1) is 0 Å². The maximum absolute atomic E-state index is 13.9. The lowest BCUT2D eigenvalue weighted by molar-refractivity contribution is 0.352. The molecule has 2 aromatic carbocycles. The second kappa shape index (κ2) is 9.91. The van der Waals surface area contributed by atoms with Crippen molar-refractivity contribution in [3.63, 3.8) is 0 Å². The first-order chi connectivity index (χ1) is 15.7. The van der Waals surface area contributed by atoms with E-state index in [0.29, 0.717) is 56.7 Å². The molecule has 0 unspecified atom stereocenters. The van der Waals surface area contributed by atoms with Gasteiger partial charge >= 0.3 is 0 Å². The molecule has 0 atom stereocenters. The molecule has 0 aliphatic carbocycles. The molecule has 0 saturated carbocycles. The van der Waals surface area contributed by atoms with Gasteiger partial charge in [-0.3, -0.25) is 4.79 Å². The number of ether oxygens (including phenoxy) is 3. The fraction of sp³-hybridized carbons (Fsp3) is 0.346. The monoisotopic (exact) mass is 516 g/mol. The number of methoxy groups -OCH3 is 3. The number of fused-ring (bicyclic) bond motifs is 2. The summed E-state index contributed by atoms with van der Waals surface area (Å²) in [5.74, 6) is 1.19. The van der Waals surface area contributed by atoms with Crippen molar-refractivity contribution in [1.82, 2.24) is 0 Å². The van der Waals surface area contributed by atoms with E-state index in [-0.39, 0.29) is 22.1 Å². The van der Waals surface area contributed by atoms with Crippen molar-refractivity contribution >= 4 is 37.9 Å². The van der Waals surface area contributed by atoms with Crippen LogP contribution < -0.4 is 19.6 Å². The Morgan fingerprint density at radius 3 is 2.03 bits per heavy atom. The Hall–Kier alpha value is -2.93. The number of aromatic hydroxyl groups is 1. The summed E-state index contributed by atoms with van der Waals surface area (Å²) in [6.07, 6.45) is 4.81. The van der Waals surface area contributed by atoms with E-state index in [1.807, 2.05) is 39.8 Å². The molecular weight excluding hydrogens is 488 g/mol. The summed E-state index contributed by atoms with van der Waals surface area (Å²) < 4.78 is 23.4. The zero-order chi connectivity index (χ0) is 24.4. The highest BCUT2D eigenvalue weighted by molar-refractivity contribution is 9.10. The Labute approximate surface area is 201 Å². The largest absolute Gasteiger partial charge is 0.507 e. The number of hydrogen-bond donors (Lipinski definition) is 1. The van der Waals surface area contributed by atoms with Gasteiger partial charge in [0.1, 0.15) is 26.9 Å². The van der Waals surface area contributed by atoms with Crippen molar-refractivity contribution in [3.8, 4) is 23.0 Å². The molecule has 0 aliphatic heterocycles. The van der Waals surface area contributed by atoms with Crippen LogP contribution in [-0.4, -0.2) is 26.4 Å². The molecule has 6 nitrogen and oxygen atoms in total. The molecule has 0 saturated heterocycles. The lowest BCUT2D eigenvalue weighted by atomic mass is 9.98. The summed E-state index contributed by atoms with van der Waals surface area (Å²) in [4.78, 5) is 13.9. The van der Waals surface area contributed by atoms with Crippen molar-refractivity contribution in [2.75, 3.05) is 21.3 Å². The van der Waals surface area contributed by atoms with Gasteiger partial charge in [-0.2, -0.15) is 0 Å². The Morgan fingerprint density at radius 1 is 0.939 bits per heavy atom. The van der Waals surface area contributed by atoms with E-state index in [4.69, 9.17) is 18.6 Å². The molecule has 1 heterocycles. The van der Waals surface area contributed by atoms with Gasteiger partial charge in [-0.05, 0) is 56.5 Å². The topological polar surface area (TPSA) is 78.1 Å². The first kappa shape index (κ1) is 24.7. The highest BCUT2D eigenvalue weighted by Crippen LogP contribution is 2.45. The standard InChI is InChI=1S/C26H29BrO6/c1-13(2)8-10-15-19-17(12-18(30-5)24(15)31-6)33-26-20(23(19)29)22(28)16(11-9-14(3)4)25(32-7)21(26)27/h8-9,12,28H,10-11H2,1-7H3. The minimum atomic E-state index is -0.344. The Kier molecular flexibility index (Phi) is 7.42. The zero-order valence-electron chi connectivity index (χ0n) is 20.0. The maximum Gasteiger partial charge on any atom is 0.204 e. The summed E-state index contributed by atoms with van der Waals surface area (Å²) in [6.45, 7) is 7.90. The highest BCUT2D eigenvalue weighted by Gasteiger charge is 2.26. The van der Waals surface area contributed by atoms with Gasteiger partial charge in [0.15, 0.2) is 17.1 Å². The molecule has 0 radical (unpaired) electrons. The van der Waals surface area contributed by atoms with Crippen molar-refractivity contribution in [2.45, 2.75) is 40.5 Å². The second-order valence-electron chi connectivity index (χ2n) is 8.24. The first-order valence-corrected chi connectivity index (χ1v) is 11.3. The number of benzene rings is 2. The van der Waals surface area contributed by atoms with Crippen molar-refractivity contribution in [1.29, 1.82) is 0 Å². The first-order valence-electron chi connectivity index (χ1n) is 10.5. The summed E-state index contributed by atoms with van der Waals surface area (Å²) in [5.41, 5.74) is 3.53. The van der Waals surface area contributed by atoms with Crippen LogP contribution >= 0.6 is 15.9 Å². The van der Waals surface area contributed by atoms with E-state index in [2.05, 4.69) is 15.9 Å². The maximum atomic E-state index is 13.9. The van der Waals surface area contributed by atoms with E-state index in [1.165, 1.54) is 21.3 Å². The summed E-state index contributed by atoms with van der Waals surface area (Å²) >= 11 is 3.53. The van der Waals surface area contributed by atoms with Crippen LogP contribution in [0.4, 0.5) is 0 Å². The van der Waals surface area contributed by atoms with Gasteiger partial charge in [0, 0.05) is 17.2 Å². The van der Waals surface area contributed by atoms with Gasteiger partial charge < -0.3 is 23.7 Å². The average Bonchev–Trinajstić information content (AvgIpc) is 2.77. The third-order valence-electron chi connectivity index (χ3n) is 5.45. The van der Waals surface area contributed by atoms with Crippen LogP contribution in [0.1, 0.15) is 38.8 Å². The molecule has 1 N–H and O–H groups in total. The summed E-state index contributed by atoms with van der Waals surface area (Å²) in [6, 6.07) is 1.63. The second-order valence-corrected chi connectivity index (χ2v) is 9.04. The predicted molar refractivity (Wildman–Crippen MR) is 135 cm³/mol. The van der Waals surface area contributed by atoms with Gasteiger partial charge in [0.05, 0.1) is 26.7 Å². The Bertz CT molecular complexity index is 1340. The fourth-order valence-corrected chi connectivity index (χ4v) is 4.52. The SMILES string of the molecule is COc1cc2oc3c(Br)c(OC)c(CC=C(C)C)c(O)c3c(=O)c2c(CC=C(C)C)c1OC. The number of phenols is 1. The number of phenolic OH excluding ortho intramolecular Hbond substituents is 1. The molecule has 0 spiro atoms. The Balaban J connectivity index is 2.55. The lowest BCUT2D eigenvalue weighted by Crippen LogP contribution is -2.09. The van der Waals surface area contributed by atoms with Crippen LogP contribution in [0.25, 0.3) is 21.9 Å². The van der Waals surface area contributed by atoms with Crippen LogP contribution in [-0.2, 0) is 12.8 Å². The van der Waals surface area contributed by atoms with E-state index < -0.39 is 0 Å². The molecule has 3 rings (SSSR count). The predicted octanol–water partition coefficient (Wildman–Crippen LogP) is 6.46. The van der Waals surface area contributed by atoms with E-state index in [1.54, 1.807) is 6.07 Å². The van der Waals surface area contributed by atoms with Gasteiger partial charge in [-0.25, -0.2) is 0 Å². The molecule has 1 aromatic heterocycles. The molecular formula is C26H29BrO6. The van der Waals surface area contributed by atoms with Crippen LogP contribution in [0.3, 0.4) is 0 Å². The molecule has 3 aromatic rings. The average molecular weight is 517 g/mol. The molecule has 176 valence electrons. The fourth-order valence-electron chi connectivity index (χ4n) is 3.83. The van der Waals surface area contributed by atoms with Crippen molar-refractivity contribution in [3.05, 3.63) is 55.2 Å². The molecule has 33 heavy (non-hydrogen) atoms. The van der Waals surface area contributed by atoms with Gasteiger partial charge in [0.2, 0.25) is 5.43 Å². The van der Waals surface area contributed by atoms with Crippen LogP contribution in [0.15, 0.2) is 43.0 Å². The van der Waals surface area contributed by atoms with Crippen molar-refractivity contribution in [2.24, 2.45) is 0 Å². The van der Waals surface area contributed by atoms with Crippen molar-refractivity contribution < 1.29 is 23.7 Å². The van der Waals surface area contributed by atoms with Crippen LogP contribution in [0.2, 0.25) is 0 Å². The number of rotatable bonds is 7. The third-order valence-corrected chi connectivity index (χ3v) is 6.17.